The number of nitrogens with zero attached hydrogens (tertiary/aromatic N) is 4. The lowest BCUT2D eigenvalue weighted by Gasteiger charge is -2.49. The smallest absolute Gasteiger partial charge is 0.219 e. The summed E-state index contributed by atoms with van der Waals surface area (Å²) in [5.74, 6) is 2.01. The normalized spacial score (nSPS) is 37.4. The van der Waals surface area contributed by atoms with Gasteiger partial charge < -0.3 is 50.0 Å². The first-order chi connectivity index (χ1) is 34.4. The molecule has 3 aliphatic rings. The maximum Gasteiger partial charge on any atom is 0.219 e. The van der Waals surface area contributed by atoms with Gasteiger partial charge in [-0.15, -0.1) is 0 Å². The summed E-state index contributed by atoms with van der Waals surface area (Å²) in [6.45, 7) is 42.0. The van der Waals surface area contributed by atoms with E-state index in [1.54, 1.807) is 12.4 Å². The number of rotatable bonds is 17. The largest absolute Gasteiger partial charge is 0.495 e. The molecule has 0 spiro atoms. The number of aromatic nitrogens is 2. The number of allylic oxidation sites excluding steroid dienone is 1. The van der Waals surface area contributed by atoms with Gasteiger partial charge in [-0.2, -0.15) is 0 Å². The summed E-state index contributed by atoms with van der Waals surface area (Å²) in [6, 6.07) is 9.51. The molecule has 5 N–H and O–H groups in total. The van der Waals surface area contributed by atoms with Crippen LogP contribution in [-0.4, -0.2) is 124 Å². The van der Waals surface area contributed by atoms with Crippen molar-refractivity contribution in [3.8, 4) is 11.1 Å². The van der Waals surface area contributed by atoms with Crippen molar-refractivity contribution in [2.45, 2.75) is 234 Å². The molecular weight excluding hydrogens is 913 g/mol. The van der Waals surface area contributed by atoms with Crippen molar-refractivity contribution >= 4 is 5.95 Å². The zero-order valence-electron chi connectivity index (χ0n) is 48.6. The molecule has 0 saturated carbocycles. The molecule has 0 radical (unpaired) electrons. The maximum absolute atomic E-state index is 13.1. The summed E-state index contributed by atoms with van der Waals surface area (Å²) < 4.78 is 27.9. The Bertz CT molecular complexity index is 2000. The molecule has 4 heterocycles. The van der Waals surface area contributed by atoms with Gasteiger partial charge in [0.1, 0.15) is 6.10 Å². The minimum Gasteiger partial charge on any atom is -0.495 e. The van der Waals surface area contributed by atoms with Gasteiger partial charge in [-0.3, -0.25) is 0 Å². The van der Waals surface area contributed by atoms with Gasteiger partial charge >= 0.3 is 0 Å². The SMILES string of the molecule is C=C(CCN(C)C1CC(C)OC(O[C@@H]2[C@@H](C)[C@H](C[C@H]3C[C@@](C)(CC)[C@@H](O)C(C)O3)C(C)C(=C)O[C@H](CC)[C@H](C)C(C)C(C)N(C)C[C@H](C)C[C@@]2(C)O)C1)NC(CC)C(CC)c1ccc(-c2cnc(N)nc2)cc1. The number of benzene rings is 1. The third kappa shape index (κ3) is 15.5. The van der Waals surface area contributed by atoms with Gasteiger partial charge in [-0.1, -0.05) is 107 Å². The van der Waals surface area contributed by atoms with Crippen LogP contribution in [0.4, 0.5) is 5.95 Å². The molecule has 19 atom stereocenters. The average Bonchev–Trinajstić information content (AvgIpc) is 3.35. The number of nitrogens with two attached hydrogens (primary N) is 1. The molecule has 0 bridgehead atoms. The Morgan fingerprint density at radius 3 is 2.19 bits per heavy atom. The van der Waals surface area contributed by atoms with Crippen molar-refractivity contribution in [2.75, 3.05) is 32.9 Å². The van der Waals surface area contributed by atoms with Crippen LogP contribution in [0.5, 0.6) is 0 Å². The van der Waals surface area contributed by atoms with E-state index in [1.807, 2.05) is 13.8 Å². The van der Waals surface area contributed by atoms with Crippen molar-refractivity contribution in [2.24, 2.45) is 40.9 Å². The van der Waals surface area contributed by atoms with Gasteiger partial charge in [0.25, 0.3) is 0 Å². The quantitative estimate of drug-likeness (QED) is 0.120. The predicted molar refractivity (Wildman–Crippen MR) is 300 cm³/mol. The molecule has 2 aromatic rings. The third-order valence-electron chi connectivity index (χ3n) is 18.7. The van der Waals surface area contributed by atoms with Gasteiger partial charge in [0.05, 0.1) is 41.9 Å². The summed E-state index contributed by atoms with van der Waals surface area (Å²) in [6.07, 6.45) is 9.65. The fourth-order valence-corrected chi connectivity index (χ4v) is 13.4. The van der Waals surface area contributed by atoms with Crippen molar-refractivity contribution < 1.29 is 29.2 Å². The molecule has 3 fully saturated rings. The Balaban J connectivity index is 1.36. The van der Waals surface area contributed by atoms with Crippen LogP contribution in [0.1, 0.15) is 173 Å². The molecule has 73 heavy (non-hydrogen) atoms. The maximum atomic E-state index is 13.1. The monoisotopic (exact) mass is 1020 g/mol. The molecular formula is C61H104N6O6. The zero-order valence-corrected chi connectivity index (χ0v) is 48.6. The van der Waals surface area contributed by atoms with Crippen LogP contribution in [0.3, 0.4) is 0 Å². The number of aliphatic hydroxyl groups excluding tert-OH is 1. The highest BCUT2D eigenvalue weighted by molar-refractivity contribution is 5.62. The Kier molecular flexibility index (Phi) is 22.3. The molecule has 9 unspecified atom stereocenters. The lowest BCUT2D eigenvalue weighted by atomic mass is 9.68. The van der Waals surface area contributed by atoms with Crippen LogP contribution in [0.15, 0.2) is 61.3 Å². The average molecular weight is 1020 g/mol. The van der Waals surface area contributed by atoms with E-state index in [0.29, 0.717) is 36.6 Å². The first kappa shape index (κ1) is 60.8. The van der Waals surface area contributed by atoms with E-state index in [-0.39, 0.29) is 71.5 Å². The number of hydrogen-bond acceptors (Lipinski definition) is 12. The third-order valence-corrected chi connectivity index (χ3v) is 18.7. The zero-order chi connectivity index (χ0) is 54.1. The van der Waals surface area contributed by atoms with Crippen molar-refractivity contribution in [3.63, 3.8) is 0 Å². The van der Waals surface area contributed by atoms with Gasteiger partial charge in [0, 0.05) is 73.1 Å². The molecule has 12 nitrogen and oxygen atoms in total. The lowest BCUT2D eigenvalue weighted by molar-refractivity contribution is -0.266. The van der Waals surface area contributed by atoms with E-state index >= 15 is 0 Å². The van der Waals surface area contributed by atoms with Crippen LogP contribution in [0, 0.1) is 40.9 Å². The minimum absolute atomic E-state index is 0.0147. The Morgan fingerprint density at radius 2 is 1.59 bits per heavy atom. The second-order valence-electron chi connectivity index (χ2n) is 24.3. The van der Waals surface area contributed by atoms with Gasteiger partial charge in [-0.25, -0.2) is 9.97 Å². The Labute approximate surface area is 444 Å². The summed E-state index contributed by atoms with van der Waals surface area (Å²) in [5.41, 5.74) is 8.62. The number of anilines is 1. The summed E-state index contributed by atoms with van der Waals surface area (Å²) >= 11 is 0. The van der Waals surface area contributed by atoms with E-state index < -0.39 is 24.1 Å². The van der Waals surface area contributed by atoms with Crippen LogP contribution >= 0.6 is 0 Å². The second-order valence-corrected chi connectivity index (χ2v) is 24.3. The van der Waals surface area contributed by atoms with E-state index in [0.717, 1.165) is 87.0 Å². The number of ether oxygens (including phenoxy) is 4. The van der Waals surface area contributed by atoms with Gasteiger partial charge in [0.2, 0.25) is 5.95 Å². The molecule has 0 aliphatic carbocycles. The number of aliphatic hydroxyl groups is 2. The summed E-state index contributed by atoms with van der Waals surface area (Å²) in [5, 5.41) is 28.3. The molecule has 1 aromatic carbocycles. The van der Waals surface area contributed by atoms with Crippen LogP contribution < -0.4 is 11.1 Å². The Hall–Kier alpha value is -3.10. The highest BCUT2D eigenvalue weighted by atomic mass is 16.7. The lowest BCUT2D eigenvalue weighted by Crippen LogP contribution is -2.54. The predicted octanol–water partition coefficient (Wildman–Crippen LogP) is 11.6. The first-order valence-electron chi connectivity index (χ1n) is 28.6. The molecule has 1 aromatic heterocycles. The summed E-state index contributed by atoms with van der Waals surface area (Å²) in [7, 11) is 4.44. The fraction of sp³-hybridized carbons (Fsp3) is 0.770. The molecule has 3 aliphatic heterocycles. The first-order valence-corrected chi connectivity index (χ1v) is 28.6. The topological polar surface area (TPSA) is 148 Å². The fourth-order valence-electron chi connectivity index (χ4n) is 13.4. The van der Waals surface area contributed by atoms with E-state index in [1.165, 1.54) is 5.56 Å². The van der Waals surface area contributed by atoms with E-state index in [4.69, 9.17) is 24.7 Å². The summed E-state index contributed by atoms with van der Waals surface area (Å²) in [4.78, 5) is 13.3. The highest BCUT2D eigenvalue weighted by Gasteiger charge is 2.49. The second kappa shape index (κ2) is 26.8. The molecule has 0 amide bonds. The van der Waals surface area contributed by atoms with Crippen LogP contribution in [0.2, 0.25) is 0 Å². The molecule has 5 rings (SSSR count). The van der Waals surface area contributed by atoms with Crippen molar-refractivity contribution in [1.29, 1.82) is 0 Å². The molecule has 414 valence electrons. The van der Waals surface area contributed by atoms with E-state index in [2.05, 4.69) is 160 Å². The van der Waals surface area contributed by atoms with Crippen LogP contribution in [0.25, 0.3) is 11.1 Å². The van der Waals surface area contributed by atoms with Crippen molar-refractivity contribution in [3.05, 3.63) is 66.8 Å². The minimum atomic E-state index is -1.20. The van der Waals surface area contributed by atoms with Crippen LogP contribution in [-0.2, 0) is 18.9 Å². The Morgan fingerprint density at radius 1 is 0.932 bits per heavy atom. The van der Waals surface area contributed by atoms with Gasteiger partial charge in [-0.05, 0) is 146 Å². The van der Waals surface area contributed by atoms with Crippen molar-refractivity contribution in [1.82, 2.24) is 25.1 Å². The van der Waals surface area contributed by atoms with E-state index in [9.17, 15) is 10.2 Å². The number of hydrogen-bond donors (Lipinski definition) is 4. The molecule has 3 saturated heterocycles. The number of nitrogen functional groups attached to an aromatic ring is 1. The van der Waals surface area contributed by atoms with Gasteiger partial charge in [0.15, 0.2) is 6.29 Å². The molecule has 12 heteroatoms. The highest BCUT2D eigenvalue weighted by Crippen LogP contribution is 2.46. The number of nitrogens with one attached hydrogen (secondary N) is 1. The standard InChI is InChI=1S/C61H104N6O6/c1-19-52(48-25-23-47(24-26-48)49-34-63-59(62)64-35-49)54(20-2)65-38(6)27-28-66(17)50-29-39(7)70-56(30-50)73-58-43(11)53(31-51-33-60(15,22-4)57(68)46(14)71-51)42(10)45(13)72-55(21-3)41(9)40(8)44(12)67(18)36-37(5)32-61(58,16)69/h23-26,34-35,37,39-44,46,50-58,65,68-69H,6,13,19-22,27-33,36H2,1-5,7-12,14-18H3,(H2,62,63,64)/t37-,39?,40?,41-,42?,43+,44?,46?,50?,51+,52?,53-,54?,55-,56?,57+,58-,60-,61-/m1/s1.